The Labute approximate surface area is 142 Å². The summed E-state index contributed by atoms with van der Waals surface area (Å²) in [5, 5.41) is 0. The minimum Gasteiger partial charge on any atom is -0.342 e. The van der Waals surface area contributed by atoms with Gasteiger partial charge in [-0.05, 0) is 44.4 Å². The van der Waals surface area contributed by atoms with Crippen LogP contribution < -0.4 is 5.73 Å². The molecule has 0 bridgehead atoms. The van der Waals surface area contributed by atoms with Crippen LogP contribution in [0.1, 0.15) is 71.6 Å². The largest absolute Gasteiger partial charge is 0.342 e. The molecule has 130 valence electrons. The predicted molar refractivity (Wildman–Crippen MR) is 95.2 cm³/mol. The van der Waals surface area contributed by atoms with E-state index in [-0.39, 0.29) is 24.4 Å². The third-order valence-electron chi connectivity index (χ3n) is 5.59. The highest BCUT2D eigenvalue weighted by Gasteiger charge is 2.31. The SMILES string of the molecule is CCCC(CC1CCCC1)C(=O)N1CCCC(C(C)N)C1.Cl. The molecule has 1 saturated heterocycles. The summed E-state index contributed by atoms with van der Waals surface area (Å²) < 4.78 is 0. The van der Waals surface area contributed by atoms with E-state index in [1.165, 1.54) is 32.1 Å². The molecule has 0 aromatic rings. The molecule has 1 heterocycles. The number of amides is 1. The molecule has 3 unspecified atom stereocenters. The summed E-state index contributed by atoms with van der Waals surface area (Å²) in [5.74, 6) is 2.00. The maximum Gasteiger partial charge on any atom is 0.225 e. The van der Waals surface area contributed by atoms with Crippen LogP contribution >= 0.6 is 12.4 Å². The van der Waals surface area contributed by atoms with Gasteiger partial charge < -0.3 is 10.6 Å². The lowest BCUT2D eigenvalue weighted by atomic mass is 9.87. The molecular weight excluding hydrogens is 296 g/mol. The highest BCUT2D eigenvalue weighted by molar-refractivity contribution is 5.85. The van der Waals surface area contributed by atoms with Gasteiger partial charge in [0, 0.05) is 25.0 Å². The number of likely N-dealkylation sites (tertiary alicyclic amines) is 1. The summed E-state index contributed by atoms with van der Waals surface area (Å²) in [6.07, 6.45) is 11.0. The quantitative estimate of drug-likeness (QED) is 0.800. The van der Waals surface area contributed by atoms with Crippen molar-refractivity contribution in [1.82, 2.24) is 4.90 Å². The van der Waals surface area contributed by atoms with Gasteiger partial charge in [-0.25, -0.2) is 0 Å². The van der Waals surface area contributed by atoms with Gasteiger partial charge in [0.05, 0.1) is 0 Å². The molecule has 2 rings (SSSR count). The highest BCUT2D eigenvalue weighted by Crippen LogP contribution is 2.33. The normalized spacial score (nSPS) is 25.6. The Morgan fingerprint density at radius 3 is 2.50 bits per heavy atom. The summed E-state index contributed by atoms with van der Waals surface area (Å²) in [6, 6.07) is 0.208. The Morgan fingerprint density at radius 1 is 1.23 bits per heavy atom. The summed E-state index contributed by atoms with van der Waals surface area (Å²) in [7, 11) is 0. The van der Waals surface area contributed by atoms with Crippen molar-refractivity contribution in [3.8, 4) is 0 Å². The zero-order valence-corrected chi connectivity index (χ0v) is 15.2. The number of hydrogen-bond acceptors (Lipinski definition) is 2. The van der Waals surface area contributed by atoms with Gasteiger partial charge in [0.15, 0.2) is 0 Å². The van der Waals surface area contributed by atoms with E-state index in [1.807, 2.05) is 0 Å². The number of piperidine rings is 1. The molecule has 0 aromatic heterocycles. The standard InChI is InChI=1S/C18H34N2O.ClH/c1-3-7-16(12-15-8-4-5-9-15)18(21)20-11-6-10-17(13-20)14(2)19;/h14-17H,3-13,19H2,1-2H3;1H. The summed E-state index contributed by atoms with van der Waals surface area (Å²) in [6.45, 7) is 6.13. The Kier molecular flexibility index (Phi) is 8.78. The van der Waals surface area contributed by atoms with Crippen molar-refractivity contribution >= 4 is 18.3 Å². The number of nitrogens with two attached hydrogens (primary N) is 1. The molecule has 2 fully saturated rings. The number of hydrogen-bond donors (Lipinski definition) is 1. The molecule has 0 radical (unpaired) electrons. The van der Waals surface area contributed by atoms with Crippen LogP contribution in [0.15, 0.2) is 0 Å². The Hall–Kier alpha value is -0.280. The molecule has 2 N–H and O–H groups in total. The number of carbonyl (C=O) groups excluding carboxylic acids is 1. The second-order valence-electron chi connectivity index (χ2n) is 7.42. The molecule has 1 aliphatic carbocycles. The number of rotatable bonds is 6. The Bertz CT molecular complexity index is 329. The highest BCUT2D eigenvalue weighted by atomic mass is 35.5. The van der Waals surface area contributed by atoms with Gasteiger partial charge in [-0.3, -0.25) is 4.79 Å². The minimum absolute atomic E-state index is 0. The fourth-order valence-electron chi connectivity index (χ4n) is 4.24. The summed E-state index contributed by atoms with van der Waals surface area (Å²) in [5.41, 5.74) is 6.06. The first-order valence-electron chi connectivity index (χ1n) is 9.16. The van der Waals surface area contributed by atoms with Crippen LogP contribution in [0.4, 0.5) is 0 Å². The Balaban J connectivity index is 0.00000242. The predicted octanol–water partition coefficient (Wildman–Crippen LogP) is 3.99. The summed E-state index contributed by atoms with van der Waals surface area (Å²) >= 11 is 0. The lowest BCUT2D eigenvalue weighted by Crippen LogP contribution is -2.47. The van der Waals surface area contributed by atoms with E-state index >= 15 is 0 Å². The maximum absolute atomic E-state index is 12.9. The summed E-state index contributed by atoms with van der Waals surface area (Å²) in [4.78, 5) is 15.1. The van der Waals surface area contributed by atoms with Crippen LogP contribution in [-0.2, 0) is 4.79 Å². The first kappa shape index (κ1) is 19.8. The van der Waals surface area contributed by atoms with Gasteiger partial charge in [-0.2, -0.15) is 0 Å². The minimum atomic E-state index is 0. The van der Waals surface area contributed by atoms with Crippen LogP contribution in [0, 0.1) is 17.8 Å². The topological polar surface area (TPSA) is 46.3 Å². The lowest BCUT2D eigenvalue weighted by molar-refractivity contribution is -0.138. The van der Waals surface area contributed by atoms with Crippen molar-refractivity contribution in [3.05, 3.63) is 0 Å². The Morgan fingerprint density at radius 2 is 1.91 bits per heavy atom. The van der Waals surface area contributed by atoms with Crippen molar-refractivity contribution in [2.24, 2.45) is 23.5 Å². The van der Waals surface area contributed by atoms with Crippen molar-refractivity contribution in [2.75, 3.05) is 13.1 Å². The van der Waals surface area contributed by atoms with Crippen LogP contribution in [0.3, 0.4) is 0 Å². The zero-order chi connectivity index (χ0) is 15.2. The van der Waals surface area contributed by atoms with Crippen LogP contribution in [0.5, 0.6) is 0 Å². The van der Waals surface area contributed by atoms with E-state index in [2.05, 4.69) is 18.7 Å². The van der Waals surface area contributed by atoms with Gasteiger partial charge >= 0.3 is 0 Å². The van der Waals surface area contributed by atoms with Crippen LogP contribution in [-0.4, -0.2) is 29.9 Å². The number of nitrogens with zero attached hydrogens (tertiary/aromatic N) is 1. The third kappa shape index (κ3) is 5.42. The molecule has 1 amide bonds. The second kappa shape index (κ2) is 9.77. The lowest BCUT2D eigenvalue weighted by Gasteiger charge is -2.37. The van der Waals surface area contributed by atoms with E-state index in [0.29, 0.717) is 11.8 Å². The monoisotopic (exact) mass is 330 g/mol. The zero-order valence-electron chi connectivity index (χ0n) is 14.4. The average Bonchev–Trinajstić information content (AvgIpc) is 2.99. The van der Waals surface area contributed by atoms with E-state index in [1.54, 1.807) is 0 Å². The van der Waals surface area contributed by atoms with E-state index in [9.17, 15) is 4.79 Å². The fourth-order valence-corrected chi connectivity index (χ4v) is 4.24. The molecule has 3 atom stereocenters. The second-order valence-corrected chi connectivity index (χ2v) is 7.42. The van der Waals surface area contributed by atoms with Crippen molar-refractivity contribution in [1.29, 1.82) is 0 Å². The van der Waals surface area contributed by atoms with Gasteiger partial charge in [0.1, 0.15) is 0 Å². The van der Waals surface area contributed by atoms with Crippen LogP contribution in [0.2, 0.25) is 0 Å². The van der Waals surface area contributed by atoms with E-state index in [0.717, 1.165) is 44.7 Å². The average molecular weight is 331 g/mol. The molecule has 0 spiro atoms. The third-order valence-corrected chi connectivity index (χ3v) is 5.59. The smallest absolute Gasteiger partial charge is 0.225 e. The molecule has 3 nitrogen and oxygen atoms in total. The molecule has 1 saturated carbocycles. The van der Waals surface area contributed by atoms with Crippen molar-refractivity contribution in [3.63, 3.8) is 0 Å². The van der Waals surface area contributed by atoms with Crippen molar-refractivity contribution < 1.29 is 4.79 Å². The van der Waals surface area contributed by atoms with Gasteiger partial charge in [0.25, 0.3) is 0 Å². The van der Waals surface area contributed by atoms with Crippen LogP contribution in [0.25, 0.3) is 0 Å². The molecular formula is C18H35ClN2O. The maximum atomic E-state index is 12.9. The number of carbonyl (C=O) groups is 1. The van der Waals surface area contributed by atoms with Gasteiger partial charge in [0.2, 0.25) is 5.91 Å². The van der Waals surface area contributed by atoms with E-state index < -0.39 is 0 Å². The fraction of sp³-hybridized carbons (Fsp3) is 0.944. The molecule has 4 heteroatoms. The molecule has 0 aromatic carbocycles. The first-order valence-corrected chi connectivity index (χ1v) is 9.16. The molecule has 2 aliphatic rings. The first-order chi connectivity index (χ1) is 10.1. The van der Waals surface area contributed by atoms with Gasteiger partial charge in [-0.15, -0.1) is 12.4 Å². The van der Waals surface area contributed by atoms with E-state index in [4.69, 9.17) is 5.73 Å². The number of halogens is 1. The van der Waals surface area contributed by atoms with Crippen molar-refractivity contribution in [2.45, 2.75) is 77.7 Å². The molecule has 1 aliphatic heterocycles. The van der Waals surface area contributed by atoms with Gasteiger partial charge in [-0.1, -0.05) is 39.0 Å². The molecule has 22 heavy (non-hydrogen) atoms.